The third kappa shape index (κ3) is 6.70. The Morgan fingerprint density at radius 2 is 1.46 bits per heavy atom. The van der Waals surface area contributed by atoms with Gasteiger partial charge >= 0.3 is 5.97 Å². The Bertz CT molecular complexity index is 1260. The summed E-state index contributed by atoms with van der Waals surface area (Å²) in [6.07, 6.45) is 5.17. The van der Waals surface area contributed by atoms with Gasteiger partial charge in [-0.05, 0) is 66.1 Å². The Kier molecular flexibility index (Phi) is 8.12. The fourth-order valence-electron chi connectivity index (χ4n) is 4.27. The Morgan fingerprint density at radius 3 is 2.11 bits per heavy atom. The first-order valence-electron chi connectivity index (χ1n) is 11.9. The molecular weight excluding hydrogens is 438 g/mol. The van der Waals surface area contributed by atoms with Gasteiger partial charge in [-0.25, -0.2) is 4.79 Å². The molecule has 4 rings (SSSR count). The maximum Gasteiger partial charge on any atom is 0.352 e. The Hall–Kier alpha value is -4.12. The molecule has 0 saturated carbocycles. The summed E-state index contributed by atoms with van der Waals surface area (Å²) < 4.78 is 0. The molecule has 1 aromatic heterocycles. The number of H-pyrrole nitrogens is 1. The average molecular weight is 468 g/mol. The number of aryl methyl sites for hydroxylation is 2. The summed E-state index contributed by atoms with van der Waals surface area (Å²) in [5.74, 6) is 0.0484. The van der Waals surface area contributed by atoms with E-state index >= 15 is 0 Å². The number of aromatic nitrogens is 1. The summed E-state index contributed by atoms with van der Waals surface area (Å²) >= 11 is 0. The molecule has 0 aliphatic rings. The molecule has 0 bridgehead atoms. The highest BCUT2D eigenvalue weighted by atomic mass is 17.2. The topological polar surface area (TPSA) is 68.4 Å². The summed E-state index contributed by atoms with van der Waals surface area (Å²) in [6.45, 7) is 1.29. The second-order valence-electron chi connectivity index (χ2n) is 8.55. The minimum absolute atomic E-state index is 0.0367. The summed E-state index contributed by atoms with van der Waals surface area (Å²) in [5, 5.41) is 0. The second kappa shape index (κ2) is 11.8. The van der Waals surface area contributed by atoms with Crippen molar-refractivity contribution in [2.45, 2.75) is 38.5 Å². The van der Waals surface area contributed by atoms with Gasteiger partial charge in [0.1, 0.15) is 0 Å². The van der Waals surface area contributed by atoms with E-state index in [4.69, 9.17) is 4.89 Å². The van der Waals surface area contributed by atoms with Crippen molar-refractivity contribution in [3.8, 4) is 5.75 Å². The van der Waals surface area contributed by atoms with Crippen molar-refractivity contribution in [3.63, 3.8) is 0 Å². The average Bonchev–Trinajstić information content (AvgIpc) is 2.89. The van der Waals surface area contributed by atoms with Crippen LogP contribution < -0.4 is 10.4 Å². The van der Waals surface area contributed by atoms with E-state index in [1.54, 1.807) is 6.07 Å². The number of benzene rings is 3. The van der Waals surface area contributed by atoms with Crippen LogP contribution in [-0.4, -0.2) is 11.0 Å². The molecule has 5 heteroatoms. The molecule has 3 aromatic carbocycles. The number of pyridine rings is 1. The van der Waals surface area contributed by atoms with Crippen LogP contribution in [0.15, 0.2) is 102 Å². The monoisotopic (exact) mass is 467 g/mol. The second-order valence-corrected chi connectivity index (χ2v) is 8.55. The van der Waals surface area contributed by atoms with Gasteiger partial charge in [0.2, 0.25) is 0 Å². The maximum absolute atomic E-state index is 12.6. The summed E-state index contributed by atoms with van der Waals surface area (Å²) in [4.78, 5) is 36.1. The van der Waals surface area contributed by atoms with E-state index in [1.807, 2.05) is 60.8 Å². The molecule has 0 aliphatic heterocycles. The van der Waals surface area contributed by atoms with Crippen molar-refractivity contribution in [2.24, 2.45) is 0 Å². The van der Waals surface area contributed by atoms with Crippen LogP contribution in [0.1, 0.15) is 53.5 Å². The van der Waals surface area contributed by atoms with E-state index in [9.17, 15) is 9.59 Å². The van der Waals surface area contributed by atoms with Crippen LogP contribution in [0.3, 0.4) is 0 Å². The number of hydrogen-bond acceptors (Lipinski definition) is 4. The van der Waals surface area contributed by atoms with Gasteiger partial charge in [-0.1, -0.05) is 72.8 Å². The molecule has 5 nitrogen and oxygen atoms in total. The molecule has 35 heavy (non-hydrogen) atoms. The third-order valence-corrected chi connectivity index (χ3v) is 5.92. The normalized spacial score (nSPS) is 10.8. The van der Waals surface area contributed by atoms with Gasteiger partial charge in [-0.2, -0.15) is 0 Å². The smallest absolute Gasteiger partial charge is 0.329 e. The zero-order chi connectivity index (χ0) is 24.5. The fourth-order valence-corrected chi connectivity index (χ4v) is 4.27. The van der Waals surface area contributed by atoms with Crippen LogP contribution in [0.5, 0.6) is 5.75 Å². The molecule has 178 valence electrons. The van der Waals surface area contributed by atoms with E-state index in [0.29, 0.717) is 12.2 Å². The van der Waals surface area contributed by atoms with Crippen molar-refractivity contribution >= 4 is 5.97 Å². The quantitative estimate of drug-likeness (QED) is 0.177. The number of unbranched alkanes of at least 4 members (excludes halogenated alkanes) is 1. The van der Waals surface area contributed by atoms with Gasteiger partial charge in [0.05, 0.1) is 0 Å². The van der Waals surface area contributed by atoms with Crippen LogP contribution in [0, 0.1) is 0 Å². The summed E-state index contributed by atoms with van der Waals surface area (Å²) in [6, 6.07) is 30.3. The standard InChI is InChI=1S/C30H29NO4/c1-22(32)34-35-28-18-10-12-23(19-28)11-8-9-17-26-20-27(21-31-30(26)33)29(24-13-4-2-5-14-24)25-15-6-3-7-16-25/h2-7,10,12-16,18-21,29H,8-9,11,17H2,1H3,(H,31,33). The van der Waals surface area contributed by atoms with Crippen LogP contribution >= 0.6 is 0 Å². The van der Waals surface area contributed by atoms with E-state index in [-0.39, 0.29) is 11.5 Å². The Labute approximate surface area is 205 Å². The minimum Gasteiger partial charge on any atom is -0.329 e. The molecule has 0 aliphatic carbocycles. The first kappa shape index (κ1) is 24.0. The van der Waals surface area contributed by atoms with Gasteiger partial charge in [0.15, 0.2) is 5.75 Å². The summed E-state index contributed by atoms with van der Waals surface area (Å²) in [7, 11) is 0. The number of aromatic amines is 1. The molecule has 1 N–H and O–H groups in total. The largest absolute Gasteiger partial charge is 0.352 e. The molecule has 0 atom stereocenters. The van der Waals surface area contributed by atoms with Crippen molar-refractivity contribution in [3.05, 3.63) is 135 Å². The highest BCUT2D eigenvalue weighted by Crippen LogP contribution is 2.31. The van der Waals surface area contributed by atoms with Crippen molar-refractivity contribution < 1.29 is 14.6 Å². The van der Waals surface area contributed by atoms with E-state index in [0.717, 1.165) is 36.0 Å². The van der Waals surface area contributed by atoms with Crippen LogP contribution in [0.4, 0.5) is 0 Å². The molecule has 0 fully saturated rings. The Morgan fingerprint density at radius 1 is 0.800 bits per heavy atom. The third-order valence-electron chi connectivity index (χ3n) is 5.92. The predicted molar refractivity (Wildman–Crippen MR) is 136 cm³/mol. The summed E-state index contributed by atoms with van der Waals surface area (Å²) in [5.41, 5.74) is 5.30. The number of hydrogen-bond donors (Lipinski definition) is 1. The van der Waals surface area contributed by atoms with Gasteiger partial charge in [0.25, 0.3) is 5.56 Å². The molecule has 0 spiro atoms. The molecule has 1 heterocycles. The van der Waals surface area contributed by atoms with Crippen molar-refractivity contribution in [1.82, 2.24) is 4.98 Å². The van der Waals surface area contributed by atoms with Gasteiger partial charge in [0, 0.05) is 24.6 Å². The maximum atomic E-state index is 12.6. The van der Waals surface area contributed by atoms with Crippen LogP contribution in [0.25, 0.3) is 0 Å². The number of nitrogens with one attached hydrogen (secondary N) is 1. The first-order valence-corrected chi connectivity index (χ1v) is 11.9. The molecule has 0 unspecified atom stereocenters. The SMILES string of the molecule is CC(=O)OOc1cccc(CCCCc2cc(C(c3ccccc3)c3ccccc3)c[nH]c2=O)c1. The van der Waals surface area contributed by atoms with Crippen LogP contribution in [0.2, 0.25) is 0 Å². The molecular formula is C30H29NO4. The zero-order valence-electron chi connectivity index (χ0n) is 19.8. The molecule has 0 amide bonds. The number of rotatable bonds is 10. The number of carbonyl (C=O) groups is 1. The minimum atomic E-state index is -0.496. The molecule has 0 radical (unpaired) electrons. The number of carbonyl (C=O) groups excluding carboxylic acids is 1. The lowest BCUT2D eigenvalue weighted by Gasteiger charge is -2.19. The predicted octanol–water partition coefficient (Wildman–Crippen LogP) is 5.98. The molecule has 0 saturated heterocycles. The molecule has 4 aromatic rings. The van der Waals surface area contributed by atoms with E-state index in [2.05, 4.69) is 40.2 Å². The lowest BCUT2D eigenvalue weighted by atomic mass is 9.85. The first-order chi connectivity index (χ1) is 17.1. The van der Waals surface area contributed by atoms with E-state index < -0.39 is 5.97 Å². The highest BCUT2D eigenvalue weighted by Gasteiger charge is 2.17. The fraction of sp³-hybridized carbons (Fsp3) is 0.200. The lowest BCUT2D eigenvalue weighted by Crippen LogP contribution is -2.15. The van der Waals surface area contributed by atoms with Crippen molar-refractivity contribution in [1.29, 1.82) is 0 Å². The van der Waals surface area contributed by atoms with Gasteiger partial charge < -0.3 is 4.98 Å². The lowest BCUT2D eigenvalue weighted by molar-refractivity contribution is -0.210. The highest BCUT2D eigenvalue weighted by molar-refractivity contribution is 5.65. The van der Waals surface area contributed by atoms with E-state index in [1.165, 1.54) is 18.1 Å². The van der Waals surface area contributed by atoms with Gasteiger partial charge in [-0.15, -0.1) is 0 Å². The Balaban J connectivity index is 1.44. The van der Waals surface area contributed by atoms with Gasteiger partial charge in [-0.3, -0.25) is 14.6 Å². The zero-order valence-corrected chi connectivity index (χ0v) is 19.8. The van der Waals surface area contributed by atoms with Crippen LogP contribution in [-0.2, 0) is 22.5 Å². The van der Waals surface area contributed by atoms with Crippen molar-refractivity contribution in [2.75, 3.05) is 0 Å².